The number of halogens is 2. The molecule has 8 heteroatoms. The lowest BCUT2D eigenvalue weighted by Gasteiger charge is -2.22. The second kappa shape index (κ2) is 7.71. The predicted octanol–water partition coefficient (Wildman–Crippen LogP) is 2.64. The van der Waals surface area contributed by atoms with E-state index in [1.54, 1.807) is 10.9 Å². The molecule has 0 radical (unpaired) electrons. The number of hydrogen-bond donors (Lipinski definition) is 2. The number of amides is 1. The molecule has 1 aromatic carbocycles. The van der Waals surface area contributed by atoms with Crippen LogP contribution in [0, 0.1) is 0 Å². The molecule has 1 saturated heterocycles. The molecule has 0 saturated carbocycles. The lowest BCUT2D eigenvalue weighted by Crippen LogP contribution is -2.29. The Kier molecular flexibility index (Phi) is 5.93. The fraction of sp³-hybridized carbons (Fsp3) is 0.357. The smallest absolute Gasteiger partial charge is 0.277 e. The molecule has 1 aliphatic heterocycles. The van der Waals surface area contributed by atoms with Crippen LogP contribution in [0.2, 0.25) is 0 Å². The Balaban J connectivity index is 0.00000176. The first kappa shape index (κ1) is 16.9. The number of carbonyl (C=O) groups excluding carboxylic acids is 1. The number of nitrogens with one attached hydrogen (secondary N) is 2. The predicted molar refractivity (Wildman–Crippen MR) is 90.5 cm³/mol. The first-order valence-electron chi connectivity index (χ1n) is 6.92. The molecule has 0 atom stereocenters. The van der Waals surface area contributed by atoms with Crippen LogP contribution < -0.4 is 10.6 Å². The van der Waals surface area contributed by atoms with Crippen LogP contribution in [0.3, 0.4) is 0 Å². The van der Waals surface area contributed by atoms with E-state index in [0.29, 0.717) is 11.7 Å². The third-order valence-corrected chi connectivity index (χ3v) is 4.00. The molecule has 0 spiro atoms. The summed E-state index contributed by atoms with van der Waals surface area (Å²) >= 11 is 3.38. The van der Waals surface area contributed by atoms with Crippen LogP contribution in [0.5, 0.6) is 0 Å². The van der Waals surface area contributed by atoms with Gasteiger partial charge in [-0.1, -0.05) is 27.2 Å². The molecular formula is C14H17BrClN5O. The van der Waals surface area contributed by atoms with Crippen molar-refractivity contribution in [2.45, 2.75) is 18.9 Å². The summed E-state index contributed by atoms with van der Waals surface area (Å²) in [6, 6.07) is 7.77. The van der Waals surface area contributed by atoms with Gasteiger partial charge in [0, 0.05) is 10.2 Å². The van der Waals surface area contributed by atoms with Crippen LogP contribution >= 0.6 is 28.3 Å². The van der Waals surface area contributed by atoms with E-state index in [9.17, 15) is 4.79 Å². The van der Waals surface area contributed by atoms with E-state index in [4.69, 9.17) is 0 Å². The van der Waals surface area contributed by atoms with Crippen LogP contribution in [0.1, 0.15) is 29.4 Å². The summed E-state index contributed by atoms with van der Waals surface area (Å²) in [5.74, 6) is -0.242. The van der Waals surface area contributed by atoms with Gasteiger partial charge in [-0.15, -0.1) is 17.5 Å². The molecule has 0 aliphatic carbocycles. The Morgan fingerprint density at radius 1 is 1.36 bits per heavy atom. The number of nitrogens with zero attached hydrogens (tertiary/aromatic N) is 3. The monoisotopic (exact) mass is 385 g/mol. The molecule has 0 bridgehead atoms. The van der Waals surface area contributed by atoms with Gasteiger partial charge in [0.2, 0.25) is 0 Å². The number of hydrogen-bond acceptors (Lipinski definition) is 4. The highest BCUT2D eigenvalue weighted by molar-refractivity contribution is 9.10. The molecule has 1 amide bonds. The maximum atomic E-state index is 12.2. The normalized spacial score (nSPS) is 15.1. The van der Waals surface area contributed by atoms with Crippen molar-refractivity contribution in [3.05, 3.63) is 40.6 Å². The standard InChI is InChI=1S/C14H16BrN5O.ClH/c15-10-2-1-3-11(8-10)17-14(21)13-9-20(19-18-13)12-4-6-16-7-5-12;/h1-3,8-9,12,16H,4-7H2,(H,17,21);1H. The summed E-state index contributed by atoms with van der Waals surface area (Å²) in [7, 11) is 0. The highest BCUT2D eigenvalue weighted by atomic mass is 79.9. The Hall–Kier alpha value is -1.44. The lowest BCUT2D eigenvalue weighted by atomic mass is 10.1. The van der Waals surface area contributed by atoms with Gasteiger partial charge in [0.1, 0.15) is 0 Å². The van der Waals surface area contributed by atoms with E-state index >= 15 is 0 Å². The van der Waals surface area contributed by atoms with Crippen molar-refractivity contribution in [1.29, 1.82) is 0 Å². The number of piperidine rings is 1. The second-order valence-electron chi connectivity index (χ2n) is 5.03. The molecule has 2 aromatic rings. The Bertz CT molecular complexity index is 642. The largest absolute Gasteiger partial charge is 0.321 e. The SMILES string of the molecule is Cl.O=C(Nc1cccc(Br)c1)c1cn(C2CCNCC2)nn1. The minimum atomic E-state index is -0.242. The molecular weight excluding hydrogens is 370 g/mol. The molecule has 1 fully saturated rings. The second-order valence-corrected chi connectivity index (χ2v) is 5.95. The molecule has 3 rings (SSSR count). The van der Waals surface area contributed by atoms with E-state index < -0.39 is 0 Å². The van der Waals surface area contributed by atoms with Gasteiger partial charge in [-0.05, 0) is 44.1 Å². The topological polar surface area (TPSA) is 71.8 Å². The van der Waals surface area contributed by atoms with E-state index in [1.165, 1.54) is 0 Å². The fourth-order valence-corrected chi connectivity index (χ4v) is 2.79. The summed E-state index contributed by atoms with van der Waals surface area (Å²) in [4.78, 5) is 12.2. The van der Waals surface area contributed by atoms with Crippen LogP contribution in [-0.2, 0) is 0 Å². The van der Waals surface area contributed by atoms with Gasteiger partial charge in [0.15, 0.2) is 5.69 Å². The third-order valence-electron chi connectivity index (χ3n) is 3.51. The summed E-state index contributed by atoms with van der Waals surface area (Å²) in [6.45, 7) is 1.95. The molecule has 22 heavy (non-hydrogen) atoms. The molecule has 1 aromatic heterocycles. The maximum Gasteiger partial charge on any atom is 0.277 e. The van der Waals surface area contributed by atoms with Crippen molar-refractivity contribution in [2.24, 2.45) is 0 Å². The maximum absolute atomic E-state index is 12.2. The Morgan fingerprint density at radius 3 is 2.86 bits per heavy atom. The quantitative estimate of drug-likeness (QED) is 0.850. The van der Waals surface area contributed by atoms with Gasteiger partial charge < -0.3 is 10.6 Å². The summed E-state index contributed by atoms with van der Waals surface area (Å²) in [5, 5.41) is 14.2. The fourth-order valence-electron chi connectivity index (χ4n) is 2.39. The van der Waals surface area contributed by atoms with E-state index in [-0.39, 0.29) is 18.3 Å². The van der Waals surface area contributed by atoms with Crippen molar-refractivity contribution in [1.82, 2.24) is 20.3 Å². The van der Waals surface area contributed by atoms with Gasteiger partial charge in [0.05, 0.1) is 12.2 Å². The van der Waals surface area contributed by atoms with Crippen LogP contribution in [-0.4, -0.2) is 34.0 Å². The Labute approximate surface area is 143 Å². The van der Waals surface area contributed by atoms with Gasteiger partial charge in [-0.3, -0.25) is 4.79 Å². The van der Waals surface area contributed by atoms with Gasteiger partial charge in [0.25, 0.3) is 5.91 Å². The van der Waals surface area contributed by atoms with Crippen LogP contribution in [0.4, 0.5) is 5.69 Å². The highest BCUT2D eigenvalue weighted by Crippen LogP contribution is 2.18. The molecule has 0 unspecified atom stereocenters. The van der Waals surface area contributed by atoms with E-state index in [1.807, 2.05) is 24.3 Å². The third kappa shape index (κ3) is 4.06. The minimum Gasteiger partial charge on any atom is -0.321 e. The van der Waals surface area contributed by atoms with Crippen LogP contribution in [0.15, 0.2) is 34.9 Å². The molecule has 118 valence electrons. The number of benzene rings is 1. The zero-order valence-corrected chi connectivity index (χ0v) is 14.2. The first-order valence-corrected chi connectivity index (χ1v) is 7.71. The van der Waals surface area contributed by atoms with Gasteiger partial charge in [-0.25, -0.2) is 4.68 Å². The molecule has 2 heterocycles. The zero-order chi connectivity index (χ0) is 14.7. The molecule has 6 nitrogen and oxygen atoms in total. The zero-order valence-electron chi connectivity index (χ0n) is 11.8. The highest BCUT2D eigenvalue weighted by Gasteiger charge is 2.18. The summed E-state index contributed by atoms with van der Waals surface area (Å²) in [5.41, 5.74) is 1.07. The lowest BCUT2D eigenvalue weighted by molar-refractivity contribution is 0.102. The molecule has 2 N–H and O–H groups in total. The number of rotatable bonds is 3. The minimum absolute atomic E-state index is 0. The first-order chi connectivity index (χ1) is 10.2. The van der Waals surface area contributed by atoms with E-state index in [2.05, 4.69) is 36.9 Å². The van der Waals surface area contributed by atoms with Crippen molar-refractivity contribution in [3.8, 4) is 0 Å². The van der Waals surface area contributed by atoms with Gasteiger partial charge >= 0.3 is 0 Å². The number of anilines is 1. The molecule has 1 aliphatic rings. The van der Waals surface area contributed by atoms with Crippen molar-refractivity contribution in [3.63, 3.8) is 0 Å². The van der Waals surface area contributed by atoms with Crippen molar-refractivity contribution < 1.29 is 4.79 Å². The average molecular weight is 387 g/mol. The number of aromatic nitrogens is 3. The number of carbonyl (C=O) groups is 1. The Morgan fingerprint density at radius 2 is 2.14 bits per heavy atom. The average Bonchev–Trinajstić information content (AvgIpc) is 2.98. The summed E-state index contributed by atoms with van der Waals surface area (Å²) < 4.78 is 2.72. The van der Waals surface area contributed by atoms with E-state index in [0.717, 1.165) is 36.1 Å². The van der Waals surface area contributed by atoms with Crippen molar-refractivity contribution in [2.75, 3.05) is 18.4 Å². The summed E-state index contributed by atoms with van der Waals surface area (Å²) in [6.07, 6.45) is 3.75. The van der Waals surface area contributed by atoms with Crippen LogP contribution in [0.25, 0.3) is 0 Å². The van der Waals surface area contributed by atoms with Crippen molar-refractivity contribution >= 4 is 39.9 Å². The van der Waals surface area contributed by atoms with Gasteiger partial charge in [-0.2, -0.15) is 0 Å².